The van der Waals surface area contributed by atoms with Crippen LogP contribution in [0.3, 0.4) is 0 Å². The summed E-state index contributed by atoms with van der Waals surface area (Å²) in [5.41, 5.74) is 1.02. The van der Waals surface area contributed by atoms with E-state index in [0.717, 1.165) is 10.7 Å². The van der Waals surface area contributed by atoms with Crippen molar-refractivity contribution in [2.75, 3.05) is 20.2 Å². The third kappa shape index (κ3) is 4.83. The predicted octanol–water partition coefficient (Wildman–Crippen LogP) is 2.26. The molecule has 0 aliphatic heterocycles. The number of rotatable bonds is 6. The van der Waals surface area contributed by atoms with Crippen LogP contribution in [0.2, 0.25) is 0 Å². The Bertz CT molecular complexity index is 363. The van der Waals surface area contributed by atoms with E-state index in [9.17, 15) is 4.79 Å². The van der Waals surface area contributed by atoms with Crippen molar-refractivity contribution in [3.63, 3.8) is 0 Å². The molecule has 0 N–H and O–H groups in total. The Hall–Kier alpha value is -0.940. The lowest BCUT2D eigenvalue weighted by atomic mass is 10.2. The summed E-state index contributed by atoms with van der Waals surface area (Å²) in [7, 11) is 1.89. The molecule has 0 radical (unpaired) electrons. The van der Waals surface area contributed by atoms with Gasteiger partial charge in [0.25, 0.3) is 0 Å². The normalized spacial score (nSPS) is 11.2. The molecule has 1 rings (SSSR count). The van der Waals surface area contributed by atoms with Gasteiger partial charge in [-0.2, -0.15) is 0 Å². The first-order valence-corrected chi connectivity index (χ1v) is 6.69. The van der Waals surface area contributed by atoms with Gasteiger partial charge in [0, 0.05) is 17.8 Å². The van der Waals surface area contributed by atoms with Gasteiger partial charge in [0.1, 0.15) is 0 Å². The molecule has 0 aliphatic carbocycles. The zero-order chi connectivity index (χ0) is 12.8. The smallest absolute Gasteiger partial charge is 0.320 e. The van der Waals surface area contributed by atoms with E-state index in [1.165, 1.54) is 0 Å². The Kier molecular flexibility index (Phi) is 5.58. The summed E-state index contributed by atoms with van der Waals surface area (Å²) in [6.45, 7) is 7.49. The number of thiazole rings is 1. The minimum Gasteiger partial charge on any atom is -0.465 e. The lowest BCUT2D eigenvalue weighted by molar-refractivity contribution is -0.144. The van der Waals surface area contributed by atoms with E-state index < -0.39 is 0 Å². The Labute approximate surface area is 107 Å². The maximum Gasteiger partial charge on any atom is 0.320 e. The molecule has 17 heavy (non-hydrogen) atoms. The lowest BCUT2D eigenvalue weighted by Crippen LogP contribution is -2.27. The summed E-state index contributed by atoms with van der Waals surface area (Å²) < 4.78 is 4.90. The second-order valence-electron chi connectivity index (χ2n) is 4.31. The van der Waals surface area contributed by atoms with Gasteiger partial charge in [-0.3, -0.25) is 9.69 Å². The van der Waals surface area contributed by atoms with Crippen LogP contribution in [0.15, 0.2) is 5.38 Å². The SMILES string of the molecule is CCOC(=O)CN(C)Cc1csc(C(C)C)n1. The van der Waals surface area contributed by atoms with Gasteiger partial charge in [-0.25, -0.2) is 4.98 Å². The number of esters is 1. The van der Waals surface area contributed by atoms with Crippen LogP contribution in [0.1, 0.15) is 37.4 Å². The molecule has 0 fully saturated rings. The average molecular weight is 256 g/mol. The van der Waals surface area contributed by atoms with Gasteiger partial charge < -0.3 is 4.74 Å². The average Bonchev–Trinajstić information content (AvgIpc) is 2.66. The van der Waals surface area contributed by atoms with E-state index in [1.54, 1.807) is 11.3 Å². The molecule has 4 nitrogen and oxygen atoms in total. The first-order valence-electron chi connectivity index (χ1n) is 5.81. The van der Waals surface area contributed by atoms with Crippen LogP contribution in [-0.2, 0) is 16.1 Å². The highest BCUT2D eigenvalue weighted by Gasteiger charge is 2.10. The Balaban J connectivity index is 2.44. The quantitative estimate of drug-likeness (QED) is 0.732. The van der Waals surface area contributed by atoms with E-state index in [2.05, 4.69) is 24.2 Å². The van der Waals surface area contributed by atoms with Crippen LogP contribution in [0.5, 0.6) is 0 Å². The predicted molar refractivity (Wildman–Crippen MR) is 69.2 cm³/mol. The second kappa shape index (κ2) is 6.71. The van der Waals surface area contributed by atoms with Gasteiger partial charge in [0.05, 0.1) is 23.9 Å². The minimum atomic E-state index is -0.186. The number of ether oxygens (including phenoxy) is 1. The Morgan fingerprint density at radius 3 is 2.82 bits per heavy atom. The Morgan fingerprint density at radius 2 is 2.29 bits per heavy atom. The molecule has 0 saturated carbocycles. The standard InChI is InChI=1S/C12H20N2O2S/c1-5-16-11(15)7-14(4)6-10-8-17-12(13-10)9(2)3/h8-9H,5-7H2,1-4H3. The molecule has 0 unspecified atom stereocenters. The highest BCUT2D eigenvalue weighted by Crippen LogP contribution is 2.19. The molecule has 1 aromatic heterocycles. The van der Waals surface area contributed by atoms with Gasteiger partial charge in [0.2, 0.25) is 0 Å². The van der Waals surface area contributed by atoms with E-state index in [0.29, 0.717) is 25.6 Å². The summed E-state index contributed by atoms with van der Waals surface area (Å²) in [6.07, 6.45) is 0. The molecule has 5 heteroatoms. The summed E-state index contributed by atoms with van der Waals surface area (Å²) in [4.78, 5) is 17.7. The van der Waals surface area contributed by atoms with Crippen molar-refractivity contribution in [3.05, 3.63) is 16.1 Å². The number of aromatic nitrogens is 1. The first kappa shape index (κ1) is 14.1. The zero-order valence-electron chi connectivity index (χ0n) is 10.9. The zero-order valence-corrected chi connectivity index (χ0v) is 11.7. The summed E-state index contributed by atoms with van der Waals surface area (Å²) in [5.74, 6) is 0.276. The molecule has 96 valence electrons. The van der Waals surface area contributed by atoms with Gasteiger partial charge in [0.15, 0.2) is 0 Å². The fourth-order valence-electron chi connectivity index (χ4n) is 1.42. The fraction of sp³-hybridized carbons (Fsp3) is 0.667. The third-order valence-electron chi connectivity index (χ3n) is 2.20. The summed E-state index contributed by atoms with van der Waals surface area (Å²) in [6, 6.07) is 0. The summed E-state index contributed by atoms with van der Waals surface area (Å²) in [5, 5.41) is 3.20. The highest BCUT2D eigenvalue weighted by atomic mass is 32.1. The number of hydrogen-bond acceptors (Lipinski definition) is 5. The molecule has 0 amide bonds. The molecule has 0 aliphatic rings. The van der Waals surface area contributed by atoms with Crippen molar-refractivity contribution in [1.29, 1.82) is 0 Å². The number of carbonyl (C=O) groups is 1. The first-order chi connectivity index (χ1) is 8.02. The molecule has 0 atom stereocenters. The van der Waals surface area contributed by atoms with Crippen LogP contribution in [-0.4, -0.2) is 36.1 Å². The Morgan fingerprint density at radius 1 is 1.59 bits per heavy atom. The van der Waals surface area contributed by atoms with Crippen LogP contribution in [0.4, 0.5) is 0 Å². The molecular weight excluding hydrogens is 236 g/mol. The summed E-state index contributed by atoms with van der Waals surface area (Å²) >= 11 is 1.67. The van der Waals surface area contributed by atoms with Crippen LogP contribution in [0, 0.1) is 0 Å². The number of hydrogen-bond donors (Lipinski definition) is 0. The number of nitrogens with zero attached hydrogens (tertiary/aromatic N) is 2. The van der Waals surface area contributed by atoms with E-state index in [1.807, 2.05) is 18.9 Å². The molecule has 0 aromatic carbocycles. The molecule has 1 heterocycles. The molecule has 1 aromatic rings. The molecule has 0 bridgehead atoms. The molecule has 0 spiro atoms. The van der Waals surface area contributed by atoms with E-state index in [4.69, 9.17) is 4.74 Å². The van der Waals surface area contributed by atoms with Crippen molar-refractivity contribution >= 4 is 17.3 Å². The maximum atomic E-state index is 11.3. The van der Waals surface area contributed by atoms with Crippen molar-refractivity contribution in [1.82, 2.24) is 9.88 Å². The lowest BCUT2D eigenvalue weighted by Gasteiger charge is -2.13. The van der Waals surface area contributed by atoms with Crippen molar-refractivity contribution in [2.45, 2.75) is 33.2 Å². The van der Waals surface area contributed by atoms with E-state index in [-0.39, 0.29) is 5.97 Å². The van der Waals surface area contributed by atoms with E-state index >= 15 is 0 Å². The molecule has 0 saturated heterocycles. The fourth-order valence-corrected chi connectivity index (χ4v) is 2.25. The van der Waals surface area contributed by atoms with Crippen molar-refractivity contribution < 1.29 is 9.53 Å². The topological polar surface area (TPSA) is 42.4 Å². The van der Waals surface area contributed by atoms with Gasteiger partial charge in [-0.05, 0) is 14.0 Å². The van der Waals surface area contributed by atoms with Crippen LogP contribution < -0.4 is 0 Å². The second-order valence-corrected chi connectivity index (χ2v) is 5.20. The van der Waals surface area contributed by atoms with Gasteiger partial charge >= 0.3 is 5.97 Å². The largest absolute Gasteiger partial charge is 0.465 e. The van der Waals surface area contributed by atoms with Crippen molar-refractivity contribution in [3.8, 4) is 0 Å². The highest BCUT2D eigenvalue weighted by molar-refractivity contribution is 7.09. The number of carbonyl (C=O) groups excluding carboxylic acids is 1. The van der Waals surface area contributed by atoms with Crippen LogP contribution >= 0.6 is 11.3 Å². The molecular formula is C12H20N2O2S. The minimum absolute atomic E-state index is 0.186. The third-order valence-corrected chi connectivity index (χ3v) is 3.39. The van der Waals surface area contributed by atoms with Gasteiger partial charge in [-0.15, -0.1) is 11.3 Å². The monoisotopic (exact) mass is 256 g/mol. The van der Waals surface area contributed by atoms with Crippen LogP contribution in [0.25, 0.3) is 0 Å². The van der Waals surface area contributed by atoms with Crippen molar-refractivity contribution in [2.24, 2.45) is 0 Å². The van der Waals surface area contributed by atoms with Gasteiger partial charge in [-0.1, -0.05) is 13.8 Å². The number of likely N-dealkylation sites (N-methyl/N-ethyl adjacent to an activating group) is 1. The maximum absolute atomic E-state index is 11.3.